The van der Waals surface area contributed by atoms with Crippen molar-refractivity contribution in [1.82, 2.24) is 0 Å². The Morgan fingerprint density at radius 3 is 2.71 bits per heavy atom. The van der Waals surface area contributed by atoms with Crippen LogP contribution in [0.4, 0.5) is 0 Å². The molecule has 92 valence electrons. The van der Waals surface area contributed by atoms with Crippen LogP contribution in [-0.4, -0.2) is 18.4 Å². The highest BCUT2D eigenvalue weighted by Crippen LogP contribution is 2.16. The van der Waals surface area contributed by atoms with Gasteiger partial charge in [0, 0.05) is 16.5 Å². The summed E-state index contributed by atoms with van der Waals surface area (Å²) in [7, 11) is 0. The highest BCUT2D eigenvalue weighted by Gasteiger charge is 2.19. The van der Waals surface area contributed by atoms with Gasteiger partial charge in [-0.3, -0.25) is 9.59 Å². The minimum Gasteiger partial charge on any atom is -0.466 e. The summed E-state index contributed by atoms with van der Waals surface area (Å²) in [5.74, 6) is -0.844. The minimum atomic E-state index is -0.396. The van der Waals surface area contributed by atoms with Crippen LogP contribution in [0.5, 0.6) is 0 Å². The average Bonchev–Trinajstić information content (AvgIpc) is 2.28. The number of carbonyl (C=O) groups excluding carboxylic acids is 2. The summed E-state index contributed by atoms with van der Waals surface area (Å²) in [5.41, 5.74) is 0.522. The van der Waals surface area contributed by atoms with Gasteiger partial charge in [0.05, 0.1) is 13.0 Å². The Labute approximate surface area is 106 Å². The van der Waals surface area contributed by atoms with E-state index in [4.69, 9.17) is 16.3 Å². The predicted octanol–water partition coefficient (Wildman–Crippen LogP) is 3.11. The van der Waals surface area contributed by atoms with Crippen molar-refractivity contribution >= 4 is 23.4 Å². The lowest BCUT2D eigenvalue weighted by molar-refractivity contribution is -0.143. The van der Waals surface area contributed by atoms with Crippen molar-refractivity contribution in [3.05, 3.63) is 34.9 Å². The average molecular weight is 255 g/mol. The fraction of sp³-hybridized carbons (Fsp3) is 0.385. The molecule has 0 spiro atoms. The molecule has 0 N–H and O–H groups in total. The second-order valence-corrected chi connectivity index (χ2v) is 4.22. The van der Waals surface area contributed by atoms with Crippen molar-refractivity contribution in [2.24, 2.45) is 5.92 Å². The Morgan fingerprint density at radius 1 is 1.41 bits per heavy atom. The Hall–Kier alpha value is -1.35. The molecule has 0 fully saturated rings. The number of benzene rings is 1. The molecule has 1 aromatic rings. The van der Waals surface area contributed by atoms with Crippen LogP contribution in [0.1, 0.15) is 30.6 Å². The van der Waals surface area contributed by atoms with Gasteiger partial charge in [0.2, 0.25) is 0 Å². The van der Waals surface area contributed by atoms with E-state index in [0.717, 1.165) is 0 Å². The second-order valence-electron chi connectivity index (χ2n) is 3.78. The summed E-state index contributed by atoms with van der Waals surface area (Å²) in [6.07, 6.45) is 0.0964. The van der Waals surface area contributed by atoms with Crippen molar-refractivity contribution in [3.8, 4) is 0 Å². The molecular formula is C13H15ClO3. The molecule has 1 rings (SSSR count). The molecule has 1 aromatic carbocycles. The molecule has 3 nitrogen and oxygen atoms in total. The van der Waals surface area contributed by atoms with Crippen molar-refractivity contribution in [1.29, 1.82) is 0 Å². The predicted molar refractivity (Wildman–Crippen MR) is 66.2 cm³/mol. The summed E-state index contributed by atoms with van der Waals surface area (Å²) < 4.78 is 4.81. The lowest BCUT2D eigenvalue weighted by Crippen LogP contribution is -2.17. The maximum atomic E-state index is 12.0. The second kappa shape index (κ2) is 6.40. The quantitative estimate of drug-likeness (QED) is 0.599. The van der Waals surface area contributed by atoms with Gasteiger partial charge in [-0.15, -0.1) is 0 Å². The van der Waals surface area contributed by atoms with Crippen LogP contribution in [0.25, 0.3) is 0 Å². The molecule has 0 heterocycles. The number of carbonyl (C=O) groups is 2. The Morgan fingerprint density at radius 2 is 2.12 bits per heavy atom. The fourth-order valence-electron chi connectivity index (χ4n) is 1.49. The number of Topliss-reactive ketones (excluding diaryl/α,β-unsaturated/α-hetero) is 1. The molecule has 0 aliphatic heterocycles. The van der Waals surface area contributed by atoms with Crippen molar-refractivity contribution < 1.29 is 14.3 Å². The summed E-state index contributed by atoms with van der Waals surface area (Å²) in [5, 5.41) is 0.513. The van der Waals surface area contributed by atoms with Gasteiger partial charge in [0.15, 0.2) is 5.78 Å². The van der Waals surface area contributed by atoms with Crippen LogP contribution in [0.2, 0.25) is 5.02 Å². The molecule has 0 saturated heterocycles. The molecule has 4 heteroatoms. The lowest BCUT2D eigenvalue weighted by atomic mass is 9.96. The summed E-state index contributed by atoms with van der Waals surface area (Å²) in [6, 6.07) is 6.71. The van der Waals surface area contributed by atoms with E-state index in [1.54, 1.807) is 38.1 Å². The zero-order valence-corrected chi connectivity index (χ0v) is 10.7. The van der Waals surface area contributed by atoms with Crippen molar-refractivity contribution in [2.45, 2.75) is 20.3 Å². The van der Waals surface area contributed by atoms with Gasteiger partial charge < -0.3 is 4.74 Å². The van der Waals surface area contributed by atoms with E-state index in [0.29, 0.717) is 17.2 Å². The van der Waals surface area contributed by atoms with Crippen molar-refractivity contribution in [3.63, 3.8) is 0 Å². The fourth-order valence-corrected chi connectivity index (χ4v) is 1.68. The van der Waals surface area contributed by atoms with E-state index in [2.05, 4.69) is 0 Å². The van der Waals surface area contributed by atoms with Crippen LogP contribution < -0.4 is 0 Å². The first-order chi connectivity index (χ1) is 8.04. The SMILES string of the molecule is CCOC(=O)CC(C)C(=O)c1cccc(Cl)c1. The molecule has 0 saturated carbocycles. The molecular weight excluding hydrogens is 240 g/mol. The molecule has 17 heavy (non-hydrogen) atoms. The highest BCUT2D eigenvalue weighted by atomic mass is 35.5. The first kappa shape index (κ1) is 13.7. The van der Waals surface area contributed by atoms with Crippen LogP contribution >= 0.6 is 11.6 Å². The van der Waals surface area contributed by atoms with E-state index in [9.17, 15) is 9.59 Å². The molecule has 1 atom stereocenters. The number of halogens is 1. The van der Waals surface area contributed by atoms with Gasteiger partial charge in [0.25, 0.3) is 0 Å². The third-order valence-electron chi connectivity index (χ3n) is 2.33. The highest BCUT2D eigenvalue weighted by molar-refractivity contribution is 6.31. The maximum absolute atomic E-state index is 12.0. The van der Waals surface area contributed by atoms with Crippen LogP contribution in [-0.2, 0) is 9.53 Å². The topological polar surface area (TPSA) is 43.4 Å². The first-order valence-electron chi connectivity index (χ1n) is 5.50. The Balaban J connectivity index is 2.67. The van der Waals surface area contributed by atoms with Crippen molar-refractivity contribution in [2.75, 3.05) is 6.61 Å². The van der Waals surface area contributed by atoms with Gasteiger partial charge in [-0.2, -0.15) is 0 Å². The molecule has 0 aliphatic carbocycles. The maximum Gasteiger partial charge on any atom is 0.306 e. The number of esters is 1. The third kappa shape index (κ3) is 4.19. The molecule has 1 unspecified atom stereocenters. The summed E-state index contributed by atoms with van der Waals surface area (Å²) in [4.78, 5) is 23.2. The molecule has 0 aliphatic rings. The van der Waals surface area contributed by atoms with Crippen LogP contribution in [0.15, 0.2) is 24.3 Å². The zero-order valence-electron chi connectivity index (χ0n) is 9.90. The number of hydrogen-bond acceptors (Lipinski definition) is 3. The van der Waals surface area contributed by atoms with Gasteiger partial charge in [-0.1, -0.05) is 30.7 Å². The zero-order chi connectivity index (χ0) is 12.8. The Kier molecular flexibility index (Phi) is 5.16. The minimum absolute atomic E-state index is 0.0964. The van der Waals surface area contributed by atoms with E-state index < -0.39 is 5.92 Å². The van der Waals surface area contributed by atoms with E-state index in [1.165, 1.54) is 0 Å². The van der Waals surface area contributed by atoms with Gasteiger partial charge in [-0.05, 0) is 19.1 Å². The van der Waals surface area contributed by atoms with Crippen LogP contribution in [0.3, 0.4) is 0 Å². The molecule has 0 amide bonds. The van der Waals surface area contributed by atoms with E-state index >= 15 is 0 Å². The van der Waals surface area contributed by atoms with Gasteiger partial charge in [0.1, 0.15) is 0 Å². The smallest absolute Gasteiger partial charge is 0.306 e. The molecule has 0 radical (unpaired) electrons. The lowest BCUT2D eigenvalue weighted by Gasteiger charge is -2.09. The summed E-state index contributed by atoms with van der Waals surface area (Å²) >= 11 is 5.81. The largest absolute Gasteiger partial charge is 0.466 e. The monoisotopic (exact) mass is 254 g/mol. The molecule has 0 aromatic heterocycles. The number of hydrogen-bond donors (Lipinski definition) is 0. The number of rotatable bonds is 5. The van der Waals surface area contributed by atoms with Gasteiger partial charge >= 0.3 is 5.97 Å². The summed E-state index contributed by atoms with van der Waals surface area (Å²) in [6.45, 7) is 3.78. The molecule has 0 bridgehead atoms. The van der Waals surface area contributed by atoms with Gasteiger partial charge in [-0.25, -0.2) is 0 Å². The number of ketones is 1. The third-order valence-corrected chi connectivity index (χ3v) is 2.57. The number of ether oxygens (including phenoxy) is 1. The first-order valence-corrected chi connectivity index (χ1v) is 5.87. The van der Waals surface area contributed by atoms with Crippen LogP contribution in [0, 0.1) is 5.92 Å². The van der Waals surface area contributed by atoms with E-state index in [1.807, 2.05) is 0 Å². The van der Waals surface area contributed by atoms with E-state index in [-0.39, 0.29) is 18.2 Å². The standard InChI is InChI=1S/C13H15ClO3/c1-3-17-12(15)7-9(2)13(16)10-5-4-6-11(14)8-10/h4-6,8-9H,3,7H2,1-2H3. The Bertz CT molecular complexity index is 415. The normalized spacial score (nSPS) is 11.9.